The SMILES string of the molecule is CN1CCN(c2nc(NC3=NCC(C(C)(C)C)=C3)nc(Sc3ccc(C(=O)Nc4ccccc4)cc3)n2)CC1. The predicted molar refractivity (Wildman–Crippen MR) is 158 cm³/mol. The lowest BCUT2D eigenvalue weighted by molar-refractivity contribution is 0.102. The summed E-state index contributed by atoms with van der Waals surface area (Å²) in [5.74, 6) is 1.74. The number of amidine groups is 1. The number of carbonyl (C=O) groups is 1. The van der Waals surface area contributed by atoms with Crippen molar-refractivity contribution in [3.05, 3.63) is 71.8 Å². The monoisotopic (exact) mass is 542 g/mol. The Kier molecular flexibility index (Phi) is 7.94. The van der Waals surface area contributed by atoms with Crippen molar-refractivity contribution in [3.63, 3.8) is 0 Å². The molecule has 0 unspecified atom stereocenters. The van der Waals surface area contributed by atoms with Crippen molar-refractivity contribution in [1.29, 1.82) is 0 Å². The molecule has 0 aliphatic carbocycles. The molecule has 5 rings (SSSR count). The fourth-order valence-electron chi connectivity index (χ4n) is 4.17. The van der Waals surface area contributed by atoms with Gasteiger partial charge in [0.1, 0.15) is 5.84 Å². The van der Waals surface area contributed by atoms with E-state index in [1.54, 1.807) is 0 Å². The Labute approximate surface area is 233 Å². The van der Waals surface area contributed by atoms with E-state index in [4.69, 9.17) is 15.0 Å². The number of aromatic nitrogens is 3. The molecule has 0 spiro atoms. The van der Waals surface area contributed by atoms with Gasteiger partial charge in [0.05, 0.1) is 6.54 Å². The summed E-state index contributed by atoms with van der Waals surface area (Å²) < 4.78 is 0. The summed E-state index contributed by atoms with van der Waals surface area (Å²) in [5.41, 5.74) is 2.67. The molecule has 3 aromatic rings. The summed E-state index contributed by atoms with van der Waals surface area (Å²) in [6, 6.07) is 16.9. The van der Waals surface area contributed by atoms with Crippen molar-refractivity contribution in [1.82, 2.24) is 19.9 Å². The lowest BCUT2D eigenvalue weighted by Crippen LogP contribution is -2.45. The van der Waals surface area contributed by atoms with Gasteiger partial charge >= 0.3 is 0 Å². The van der Waals surface area contributed by atoms with Crippen molar-refractivity contribution in [3.8, 4) is 0 Å². The van der Waals surface area contributed by atoms with E-state index in [2.05, 4.69) is 59.3 Å². The molecule has 2 aliphatic heterocycles. The quantitative estimate of drug-likeness (QED) is 0.457. The summed E-state index contributed by atoms with van der Waals surface area (Å²) in [6.07, 6.45) is 2.09. The summed E-state index contributed by atoms with van der Waals surface area (Å²) >= 11 is 1.44. The number of carbonyl (C=O) groups excluding carboxylic acids is 1. The normalized spacial score (nSPS) is 16.1. The fraction of sp³-hybridized carbons (Fsp3) is 0.345. The third kappa shape index (κ3) is 7.01. The van der Waals surface area contributed by atoms with E-state index >= 15 is 0 Å². The number of nitrogens with zero attached hydrogens (tertiary/aromatic N) is 6. The molecule has 1 fully saturated rings. The number of benzene rings is 2. The Morgan fingerprint density at radius 1 is 0.923 bits per heavy atom. The van der Waals surface area contributed by atoms with Crippen molar-refractivity contribution in [2.45, 2.75) is 30.8 Å². The first kappa shape index (κ1) is 26.8. The lowest BCUT2D eigenvalue weighted by Gasteiger charge is -2.32. The Morgan fingerprint density at radius 2 is 1.64 bits per heavy atom. The summed E-state index contributed by atoms with van der Waals surface area (Å²) in [6.45, 7) is 10.9. The zero-order valence-electron chi connectivity index (χ0n) is 22.8. The number of nitrogens with one attached hydrogen (secondary N) is 2. The van der Waals surface area contributed by atoms with E-state index in [1.807, 2.05) is 54.6 Å². The molecule has 2 N–H and O–H groups in total. The van der Waals surface area contributed by atoms with E-state index in [0.717, 1.165) is 42.6 Å². The van der Waals surface area contributed by atoms with Gasteiger partial charge in [0.15, 0.2) is 5.16 Å². The van der Waals surface area contributed by atoms with Gasteiger partial charge in [-0.1, -0.05) is 39.0 Å². The van der Waals surface area contributed by atoms with Gasteiger partial charge in [0.25, 0.3) is 5.91 Å². The van der Waals surface area contributed by atoms with Crippen molar-refractivity contribution in [2.24, 2.45) is 10.4 Å². The average Bonchev–Trinajstić information content (AvgIpc) is 3.39. The highest BCUT2D eigenvalue weighted by Gasteiger charge is 2.23. The molecule has 10 heteroatoms. The highest BCUT2D eigenvalue weighted by atomic mass is 32.2. The van der Waals surface area contributed by atoms with E-state index < -0.39 is 0 Å². The number of aliphatic imine (C=N–C) groups is 1. The maximum Gasteiger partial charge on any atom is 0.255 e. The molecule has 0 bridgehead atoms. The Bertz CT molecular complexity index is 1370. The Hall–Kier alpha value is -3.76. The van der Waals surface area contributed by atoms with Gasteiger partial charge < -0.3 is 20.4 Å². The van der Waals surface area contributed by atoms with E-state index in [9.17, 15) is 4.79 Å². The number of hydrogen-bond donors (Lipinski definition) is 2. The maximum atomic E-state index is 12.6. The van der Waals surface area contributed by atoms with Gasteiger partial charge in [-0.15, -0.1) is 0 Å². The largest absolute Gasteiger partial charge is 0.338 e. The molecule has 2 aliphatic rings. The number of para-hydroxylation sites is 1. The summed E-state index contributed by atoms with van der Waals surface area (Å²) in [5, 5.41) is 6.81. The van der Waals surface area contributed by atoms with Gasteiger partial charge in [0.2, 0.25) is 11.9 Å². The number of amides is 1. The second-order valence-electron chi connectivity index (χ2n) is 10.7. The van der Waals surface area contributed by atoms with Crippen LogP contribution in [0.4, 0.5) is 17.6 Å². The fourth-order valence-corrected chi connectivity index (χ4v) is 4.91. The summed E-state index contributed by atoms with van der Waals surface area (Å²) in [7, 11) is 2.13. The standard InChI is InChI=1S/C29H34N8OS/c1-29(2,3)21-18-24(30-19-21)32-26-33-27(37-16-14-36(4)15-17-37)35-28(34-26)39-23-12-10-20(11-13-23)25(38)31-22-8-6-5-7-9-22/h5-13,18H,14-17,19H2,1-4H3,(H,31,38)(H,30,32,33,34,35). The number of anilines is 3. The first-order chi connectivity index (χ1) is 18.7. The van der Waals surface area contributed by atoms with Crippen LogP contribution in [0.3, 0.4) is 0 Å². The van der Waals surface area contributed by atoms with Crippen LogP contribution in [0.25, 0.3) is 0 Å². The number of rotatable bonds is 6. The predicted octanol–water partition coefficient (Wildman–Crippen LogP) is 4.82. The van der Waals surface area contributed by atoms with Gasteiger partial charge in [-0.05, 0) is 72.3 Å². The number of hydrogen-bond acceptors (Lipinski definition) is 9. The molecule has 3 heterocycles. The molecular formula is C29H34N8OS. The van der Waals surface area contributed by atoms with Crippen molar-refractivity contribution in [2.75, 3.05) is 55.3 Å². The van der Waals surface area contributed by atoms with Gasteiger partial charge in [0, 0.05) is 42.3 Å². The molecule has 39 heavy (non-hydrogen) atoms. The van der Waals surface area contributed by atoms with Crippen molar-refractivity contribution >= 4 is 41.1 Å². The van der Waals surface area contributed by atoms with Gasteiger partial charge in [-0.25, -0.2) is 0 Å². The van der Waals surface area contributed by atoms with Crippen LogP contribution in [0.1, 0.15) is 31.1 Å². The molecule has 1 amide bonds. The zero-order chi connectivity index (χ0) is 27.4. The van der Waals surface area contributed by atoms with Crippen LogP contribution in [0.15, 0.2) is 81.3 Å². The third-order valence-electron chi connectivity index (χ3n) is 6.68. The highest BCUT2D eigenvalue weighted by molar-refractivity contribution is 7.99. The molecule has 0 radical (unpaired) electrons. The van der Waals surface area contributed by atoms with E-state index in [-0.39, 0.29) is 11.3 Å². The molecule has 0 atom stereocenters. The first-order valence-corrected chi connectivity index (χ1v) is 13.9. The maximum absolute atomic E-state index is 12.6. The lowest BCUT2D eigenvalue weighted by atomic mass is 9.87. The average molecular weight is 543 g/mol. The minimum Gasteiger partial charge on any atom is -0.338 e. The highest BCUT2D eigenvalue weighted by Crippen LogP contribution is 2.30. The summed E-state index contributed by atoms with van der Waals surface area (Å²) in [4.78, 5) is 37.0. The van der Waals surface area contributed by atoms with Gasteiger partial charge in [-0.3, -0.25) is 9.79 Å². The minimum absolute atomic E-state index is 0.0577. The van der Waals surface area contributed by atoms with E-state index in [1.165, 1.54) is 17.3 Å². The molecule has 9 nitrogen and oxygen atoms in total. The van der Waals surface area contributed by atoms with Crippen LogP contribution < -0.4 is 15.5 Å². The molecular weight excluding hydrogens is 508 g/mol. The Morgan fingerprint density at radius 3 is 2.31 bits per heavy atom. The van der Waals surface area contributed by atoms with Crippen molar-refractivity contribution < 1.29 is 4.79 Å². The second-order valence-corrected chi connectivity index (χ2v) is 11.8. The van der Waals surface area contributed by atoms with Crippen LogP contribution in [0.5, 0.6) is 0 Å². The second kappa shape index (κ2) is 11.5. The molecule has 1 aromatic heterocycles. The first-order valence-electron chi connectivity index (χ1n) is 13.1. The van der Waals surface area contributed by atoms with E-state index in [0.29, 0.717) is 29.2 Å². The van der Waals surface area contributed by atoms with Crippen LogP contribution in [0.2, 0.25) is 0 Å². The number of likely N-dealkylation sites (N-methyl/N-ethyl adjacent to an activating group) is 1. The number of piperazine rings is 1. The minimum atomic E-state index is -0.151. The zero-order valence-corrected chi connectivity index (χ0v) is 23.6. The van der Waals surface area contributed by atoms with Gasteiger partial charge in [-0.2, -0.15) is 15.0 Å². The molecule has 1 saturated heterocycles. The molecule has 0 saturated carbocycles. The topological polar surface area (TPSA) is 98.6 Å². The van der Waals surface area contributed by atoms with Crippen LogP contribution in [-0.2, 0) is 0 Å². The third-order valence-corrected chi connectivity index (χ3v) is 7.55. The smallest absolute Gasteiger partial charge is 0.255 e. The molecule has 2 aromatic carbocycles. The van der Waals surface area contributed by atoms with Crippen LogP contribution in [0, 0.1) is 5.41 Å². The Balaban J connectivity index is 1.34. The van der Waals surface area contributed by atoms with Crippen LogP contribution >= 0.6 is 11.8 Å². The molecule has 202 valence electrons. The van der Waals surface area contributed by atoms with Crippen LogP contribution in [-0.4, -0.2) is 71.4 Å².